The molecule has 0 aromatic carbocycles. The number of aryl methyl sites for hydroxylation is 1. The van der Waals surface area contributed by atoms with Crippen molar-refractivity contribution in [1.82, 2.24) is 20.6 Å². The van der Waals surface area contributed by atoms with Gasteiger partial charge in [0.15, 0.2) is 0 Å². The Kier molecular flexibility index (Phi) is 4.92. The third kappa shape index (κ3) is 3.54. The second-order valence-electron chi connectivity index (χ2n) is 7.71. The Morgan fingerprint density at radius 3 is 2.93 bits per heavy atom. The van der Waals surface area contributed by atoms with Crippen LogP contribution in [0, 0.1) is 6.92 Å². The molecule has 8 nitrogen and oxygen atoms in total. The zero-order chi connectivity index (χ0) is 20.7. The van der Waals surface area contributed by atoms with Gasteiger partial charge in [-0.1, -0.05) is 0 Å². The molecule has 156 valence electrons. The largest absolute Gasteiger partial charge is 0.475 e. The van der Waals surface area contributed by atoms with Crippen molar-refractivity contribution in [3.8, 4) is 5.88 Å². The maximum atomic E-state index is 12.9. The van der Waals surface area contributed by atoms with Crippen molar-refractivity contribution in [3.63, 3.8) is 0 Å². The van der Waals surface area contributed by atoms with Gasteiger partial charge in [0.2, 0.25) is 5.88 Å². The molecule has 0 spiro atoms. The first-order valence-corrected chi connectivity index (χ1v) is 10.9. The zero-order valence-electron chi connectivity index (χ0n) is 16.8. The number of aromatic nitrogens is 2. The lowest BCUT2D eigenvalue weighted by atomic mass is 10.1. The summed E-state index contributed by atoms with van der Waals surface area (Å²) >= 11 is 1.33. The van der Waals surface area contributed by atoms with Crippen LogP contribution in [0.15, 0.2) is 24.3 Å². The summed E-state index contributed by atoms with van der Waals surface area (Å²) in [7, 11) is 0. The second-order valence-corrected chi connectivity index (χ2v) is 8.71. The van der Waals surface area contributed by atoms with Crippen LogP contribution in [0.5, 0.6) is 5.88 Å². The van der Waals surface area contributed by atoms with Crippen molar-refractivity contribution in [2.75, 3.05) is 43.4 Å². The molecule has 2 aliphatic rings. The first-order chi connectivity index (χ1) is 14.6. The minimum atomic E-state index is -0.185. The van der Waals surface area contributed by atoms with E-state index in [0.717, 1.165) is 53.5 Å². The van der Waals surface area contributed by atoms with Crippen LogP contribution in [0.4, 0.5) is 11.5 Å². The van der Waals surface area contributed by atoms with Gasteiger partial charge in [-0.15, -0.1) is 11.3 Å². The van der Waals surface area contributed by atoms with E-state index in [1.165, 1.54) is 11.3 Å². The smallest absolute Gasteiger partial charge is 0.263 e. The molecular formula is C21H24N6O2S. The minimum Gasteiger partial charge on any atom is -0.475 e. The predicted molar refractivity (Wildman–Crippen MR) is 119 cm³/mol. The molecule has 5 rings (SSSR count). The highest BCUT2D eigenvalue weighted by Gasteiger charge is 2.26. The van der Waals surface area contributed by atoms with Gasteiger partial charge in [0.05, 0.1) is 11.7 Å². The van der Waals surface area contributed by atoms with Crippen LogP contribution in [-0.2, 0) is 6.42 Å². The van der Waals surface area contributed by atoms with E-state index in [1.54, 1.807) is 0 Å². The van der Waals surface area contributed by atoms with Gasteiger partial charge in [0, 0.05) is 49.2 Å². The number of hydrogen-bond acceptors (Lipinski definition) is 8. The molecule has 3 aromatic heterocycles. The van der Waals surface area contributed by atoms with Crippen LogP contribution in [0.3, 0.4) is 0 Å². The van der Waals surface area contributed by atoms with Gasteiger partial charge in [-0.05, 0) is 31.2 Å². The lowest BCUT2D eigenvalue weighted by molar-refractivity contribution is 0.0918. The molecule has 4 N–H and O–H groups in total. The summed E-state index contributed by atoms with van der Waals surface area (Å²) in [6, 6.07) is 7.78. The molecule has 1 unspecified atom stereocenters. The van der Waals surface area contributed by atoms with Gasteiger partial charge >= 0.3 is 0 Å². The van der Waals surface area contributed by atoms with E-state index >= 15 is 0 Å². The lowest BCUT2D eigenvalue weighted by Gasteiger charge is -2.30. The number of amides is 1. The average Bonchev–Trinajstić information content (AvgIpc) is 3.09. The molecule has 1 atom stereocenters. The molecule has 0 bridgehead atoms. The molecule has 5 heterocycles. The quantitative estimate of drug-likeness (QED) is 0.588. The van der Waals surface area contributed by atoms with Gasteiger partial charge in [-0.2, -0.15) is 4.98 Å². The van der Waals surface area contributed by atoms with Gasteiger partial charge in [0.1, 0.15) is 22.1 Å². The number of carbonyl (C=O) groups excluding carboxylic acids is 1. The third-order valence-electron chi connectivity index (χ3n) is 5.53. The van der Waals surface area contributed by atoms with Crippen LogP contribution < -0.4 is 26.0 Å². The number of nitrogens with one attached hydrogen (secondary N) is 2. The number of thiophene rings is 1. The fourth-order valence-electron chi connectivity index (χ4n) is 3.92. The Hall–Kier alpha value is -2.91. The maximum absolute atomic E-state index is 12.9. The summed E-state index contributed by atoms with van der Waals surface area (Å²) in [6.45, 7) is 6.12. The number of nitrogens with zero attached hydrogens (tertiary/aromatic N) is 3. The fourth-order valence-corrected chi connectivity index (χ4v) is 4.96. The number of nitrogens with two attached hydrogens (primary N) is 1. The fraction of sp³-hybridized carbons (Fsp3) is 0.381. The molecular weight excluding hydrogens is 400 g/mol. The Morgan fingerprint density at radius 2 is 2.10 bits per heavy atom. The summed E-state index contributed by atoms with van der Waals surface area (Å²) in [4.78, 5) is 25.6. The lowest BCUT2D eigenvalue weighted by Crippen LogP contribution is -2.44. The highest BCUT2D eigenvalue weighted by molar-refractivity contribution is 7.21. The maximum Gasteiger partial charge on any atom is 0.263 e. The summed E-state index contributed by atoms with van der Waals surface area (Å²) in [6.07, 6.45) is 0.679. The molecule has 3 aromatic rings. The number of piperazine rings is 1. The number of hydrogen-bond donors (Lipinski definition) is 3. The van der Waals surface area contributed by atoms with Crippen molar-refractivity contribution in [1.29, 1.82) is 0 Å². The molecule has 30 heavy (non-hydrogen) atoms. The monoisotopic (exact) mass is 424 g/mol. The van der Waals surface area contributed by atoms with Crippen LogP contribution in [0.25, 0.3) is 10.2 Å². The molecule has 1 amide bonds. The average molecular weight is 425 g/mol. The van der Waals surface area contributed by atoms with E-state index in [4.69, 9.17) is 15.5 Å². The van der Waals surface area contributed by atoms with Crippen molar-refractivity contribution >= 4 is 39.0 Å². The van der Waals surface area contributed by atoms with Gasteiger partial charge in [-0.3, -0.25) is 4.79 Å². The number of nitrogen functional groups attached to an aromatic ring is 1. The van der Waals surface area contributed by atoms with Gasteiger partial charge in [-0.25, -0.2) is 4.98 Å². The Balaban J connectivity index is 1.29. The van der Waals surface area contributed by atoms with Gasteiger partial charge in [0.25, 0.3) is 5.91 Å². The van der Waals surface area contributed by atoms with Gasteiger partial charge < -0.3 is 26.0 Å². The number of anilines is 2. The molecule has 1 fully saturated rings. The van der Waals surface area contributed by atoms with Crippen molar-refractivity contribution < 1.29 is 9.53 Å². The first kappa shape index (κ1) is 19.1. The first-order valence-electron chi connectivity index (χ1n) is 10.1. The van der Waals surface area contributed by atoms with E-state index in [9.17, 15) is 4.79 Å². The minimum absolute atomic E-state index is 0.129. The summed E-state index contributed by atoms with van der Waals surface area (Å²) in [5, 5.41) is 7.23. The number of carbonyl (C=O) groups is 1. The molecule has 0 aliphatic carbocycles. The van der Waals surface area contributed by atoms with Crippen LogP contribution in [-0.4, -0.2) is 54.7 Å². The van der Waals surface area contributed by atoms with E-state index in [0.29, 0.717) is 29.5 Å². The van der Waals surface area contributed by atoms with E-state index < -0.39 is 0 Å². The summed E-state index contributed by atoms with van der Waals surface area (Å²) in [5.41, 5.74) is 8.61. The number of pyridine rings is 2. The summed E-state index contributed by atoms with van der Waals surface area (Å²) in [5.74, 6) is 1.42. The van der Waals surface area contributed by atoms with E-state index in [2.05, 4.69) is 26.6 Å². The molecule has 0 radical (unpaired) electrons. The number of ether oxygens (including phenoxy) is 1. The predicted octanol–water partition coefficient (Wildman–Crippen LogP) is 1.73. The van der Waals surface area contributed by atoms with Crippen LogP contribution in [0.1, 0.15) is 20.9 Å². The zero-order valence-corrected chi connectivity index (χ0v) is 17.6. The Labute approximate surface area is 178 Å². The van der Waals surface area contributed by atoms with Crippen LogP contribution in [0.2, 0.25) is 0 Å². The Bertz CT molecular complexity index is 1110. The third-order valence-corrected chi connectivity index (χ3v) is 6.64. The highest BCUT2D eigenvalue weighted by Crippen LogP contribution is 2.33. The summed E-state index contributed by atoms with van der Waals surface area (Å²) < 4.78 is 5.90. The number of rotatable bonds is 3. The standard InChI is InChI=1S/C21H24N6O2S/c1-12-2-4-15-17(22)18(30-21(15)24-12)19(28)25-14-10-13-3-5-16(26-20(13)29-11-14)27-8-6-23-7-9-27/h2-5,14,23H,6-11,22H2,1H3,(H,25,28). The molecule has 1 saturated heterocycles. The van der Waals surface area contributed by atoms with Crippen molar-refractivity contribution in [2.24, 2.45) is 0 Å². The van der Waals surface area contributed by atoms with E-state index in [-0.39, 0.29) is 11.9 Å². The molecule has 0 saturated carbocycles. The normalized spacial score (nSPS) is 18.7. The molecule has 9 heteroatoms. The van der Waals surface area contributed by atoms with Crippen molar-refractivity contribution in [3.05, 3.63) is 40.4 Å². The van der Waals surface area contributed by atoms with Crippen LogP contribution >= 0.6 is 11.3 Å². The Morgan fingerprint density at radius 1 is 1.27 bits per heavy atom. The number of fused-ring (bicyclic) bond motifs is 2. The topological polar surface area (TPSA) is 105 Å². The highest BCUT2D eigenvalue weighted by atomic mass is 32.1. The van der Waals surface area contributed by atoms with Crippen molar-refractivity contribution in [2.45, 2.75) is 19.4 Å². The SMILES string of the molecule is Cc1ccc2c(N)c(C(=O)NC3COc4nc(N5CCNCC5)ccc4C3)sc2n1. The van der Waals surface area contributed by atoms with E-state index in [1.807, 2.05) is 25.1 Å². The molecule has 2 aliphatic heterocycles. The second kappa shape index (κ2) is 7.73.